The van der Waals surface area contributed by atoms with Crippen molar-refractivity contribution in [3.8, 4) is 0 Å². The van der Waals surface area contributed by atoms with Gasteiger partial charge in [0.05, 0.1) is 19.1 Å². The van der Waals surface area contributed by atoms with Gasteiger partial charge in [0.2, 0.25) is 0 Å². The van der Waals surface area contributed by atoms with Crippen LogP contribution in [-0.2, 0) is 14.3 Å². The first-order valence-corrected chi connectivity index (χ1v) is 9.39. The second kappa shape index (κ2) is 6.03. The summed E-state index contributed by atoms with van der Waals surface area (Å²) in [5.74, 6) is -0.530. The Bertz CT molecular complexity index is 676. The lowest BCUT2D eigenvalue weighted by molar-refractivity contribution is -0.243. The summed E-state index contributed by atoms with van der Waals surface area (Å²) in [6.07, 6.45) is 2.98. The fourth-order valence-electron chi connectivity index (χ4n) is 5.39. The van der Waals surface area contributed by atoms with E-state index in [-0.39, 0.29) is 23.4 Å². The molecule has 2 aliphatic carbocycles. The molecule has 1 heterocycles. The van der Waals surface area contributed by atoms with Crippen LogP contribution >= 0.6 is 0 Å². The molecule has 1 aliphatic heterocycles. The maximum absolute atomic E-state index is 13.3. The smallest absolute Gasteiger partial charge is 0.173 e. The average Bonchev–Trinajstić information content (AvgIpc) is 3.11. The largest absolute Gasteiger partial charge is 0.347 e. The monoisotopic (exact) mass is 342 g/mol. The van der Waals surface area contributed by atoms with Crippen LogP contribution in [-0.4, -0.2) is 30.6 Å². The summed E-state index contributed by atoms with van der Waals surface area (Å²) in [7, 11) is 0. The molecule has 3 fully saturated rings. The van der Waals surface area contributed by atoms with E-state index in [0.29, 0.717) is 25.2 Å². The summed E-state index contributed by atoms with van der Waals surface area (Å²) < 4.78 is 11.9. The number of ether oxygens (including phenoxy) is 2. The van der Waals surface area contributed by atoms with Crippen molar-refractivity contribution in [3.05, 3.63) is 35.9 Å². The van der Waals surface area contributed by atoms with E-state index in [0.717, 1.165) is 19.3 Å². The third kappa shape index (κ3) is 2.49. The minimum atomic E-state index is -0.513. The molecule has 1 spiro atoms. The van der Waals surface area contributed by atoms with Crippen LogP contribution in [0.2, 0.25) is 0 Å². The number of carbonyl (C=O) groups is 2. The highest BCUT2D eigenvalue weighted by molar-refractivity contribution is 6.12. The number of hydrogen-bond acceptors (Lipinski definition) is 4. The quantitative estimate of drug-likeness (QED) is 0.608. The van der Waals surface area contributed by atoms with Crippen molar-refractivity contribution in [2.45, 2.75) is 45.3 Å². The summed E-state index contributed by atoms with van der Waals surface area (Å²) in [6, 6.07) is 9.21. The highest BCUT2D eigenvalue weighted by atomic mass is 16.7. The summed E-state index contributed by atoms with van der Waals surface area (Å²) in [6.45, 7) is 5.48. The minimum Gasteiger partial charge on any atom is -0.347 e. The number of Topliss-reactive ketones (excluding diaryl/α,β-unsaturated/α-hetero) is 2. The molecule has 0 aromatic heterocycles. The van der Waals surface area contributed by atoms with Gasteiger partial charge < -0.3 is 9.47 Å². The van der Waals surface area contributed by atoms with Crippen molar-refractivity contribution >= 4 is 11.6 Å². The molecule has 0 bridgehead atoms. The molecule has 2 unspecified atom stereocenters. The van der Waals surface area contributed by atoms with Crippen molar-refractivity contribution in [2.24, 2.45) is 23.2 Å². The highest BCUT2D eigenvalue weighted by Gasteiger charge is 2.60. The molecule has 1 aromatic rings. The van der Waals surface area contributed by atoms with Gasteiger partial charge in [-0.1, -0.05) is 44.2 Å². The van der Waals surface area contributed by atoms with Gasteiger partial charge in [0, 0.05) is 23.3 Å². The van der Waals surface area contributed by atoms with Crippen LogP contribution in [0.1, 0.15) is 49.9 Å². The van der Waals surface area contributed by atoms with Crippen LogP contribution in [0.4, 0.5) is 0 Å². The van der Waals surface area contributed by atoms with E-state index in [2.05, 4.69) is 13.8 Å². The normalized spacial score (nSPS) is 37.0. The molecule has 2 saturated carbocycles. The van der Waals surface area contributed by atoms with Gasteiger partial charge in [-0.2, -0.15) is 0 Å². The first kappa shape index (κ1) is 16.9. The van der Waals surface area contributed by atoms with E-state index in [4.69, 9.17) is 9.47 Å². The lowest BCUT2D eigenvalue weighted by Gasteiger charge is -2.54. The van der Waals surface area contributed by atoms with Crippen molar-refractivity contribution in [2.75, 3.05) is 13.2 Å². The van der Waals surface area contributed by atoms with Crippen molar-refractivity contribution in [1.82, 2.24) is 0 Å². The molecule has 0 radical (unpaired) electrons. The van der Waals surface area contributed by atoms with E-state index >= 15 is 0 Å². The third-order valence-corrected chi connectivity index (χ3v) is 6.91. The van der Waals surface area contributed by atoms with Gasteiger partial charge in [-0.15, -0.1) is 0 Å². The predicted octanol–water partition coefficient (Wildman–Crippen LogP) is 3.64. The number of ketones is 2. The fraction of sp³-hybridized carbons (Fsp3) is 0.619. The Balaban J connectivity index is 1.59. The summed E-state index contributed by atoms with van der Waals surface area (Å²) >= 11 is 0. The van der Waals surface area contributed by atoms with Crippen molar-refractivity contribution in [1.29, 1.82) is 0 Å². The van der Waals surface area contributed by atoms with E-state index in [1.54, 1.807) is 0 Å². The van der Waals surface area contributed by atoms with Crippen LogP contribution < -0.4 is 0 Å². The Morgan fingerprint density at radius 3 is 2.44 bits per heavy atom. The van der Waals surface area contributed by atoms with Crippen LogP contribution in [0, 0.1) is 23.2 Å². The molecule has 1 aromatic carbocycles. The zero-order valence-corrected chi connectivity index (χ0v) is 15.0. The molecule has 4 heteroatoms. The lowest BCUT2D eigenvalue weighted by atomic mass is 9.52. The Morgan fingerprint density at radius 1 is 1.08 bits per heavy atom. The second-order valence-electron chi connectivity index (χ2n) is 8.05. The fourth-order valence-corrected chi connectivity index (χ4v) is 5.39. The van der Waals surface area contributed by atoms with Gasteiger partial charge in [-0.05, 0) is 25.2 Å². The van der Waals surface area contributed by atoms with Gasteiger partial charge in [0.1, 0.15) is 5.78 Å². The molecule has 0 amide bonds. The molecule has 25 heavy (non-hydrogen) atoms. The van der Waals surface area contributed by atoms with Gasteiger partial charge in [-0.3, -0.25) is 9.59 Å². The van der Waals surface area contributed by atoms with Gasteiger partial charge in [0.25, 0.3) is 0 Å². The van der Waals surface area contributed by atoms with Crippen LogP contribution in [0.25, 0.3) is 0 Å². The molecule has 4 rings (SSSR count). The molecule has 3 aliphatic rings. The topological polar surface area (TPSA) is 52.6 Å². The summed E-state index contributed by atoms with van der Waals surface area (Å²) in [5, 5.41) is 0. The van der Waals surface area contributed by atoms with Crippen LogP contribution in [0.5, 0.6) is 0 Å². The van der Waals surface area contributed by atoms with E-state index in [1.807, 2.05) is 30.3 Å². The van der Waals surface area contributed by atoms with Gasteiger partial charge in [-0.25, -0.2) is 0 Å². The second-order valence-corrected chi connectivity index (χ2v) is 8.05. The Kier molecular flexibility index (Phi) is 4.08. The van der Waals surface area contributed by atoms with Crippen LogP contribution in [0.3, 0.4) is 0 Å². The number of benzene rings is 1. The SMILES string of the molecule is C[C@H]1[C@@H]2CCC(C(=O)c3ccccc3)C(=O)C2(C)CCC12OCCO2. The maximum atomic E-state index is 13.3. The number of hydrogen-bond donors (Lipinski definition) is 0. The van der Waals surface area contributed by atoms with E-state index in [9.17, 15) is 9.59 Å². The first-order valence-electron chi connectivity index (χ1n) is 9.39. The Morgan fingerprint density at radius 2 is 1.76 bits per heavy atom. The molecule has 1 saturated heterocycles. The van der Waals surface area contributed by atoms with Gasteiger partial charge >= 0.3 is 0 Å². The summed E-state index contributed by atoms with van der Waals surface area (Å²) in [5.41, 5.74) is 0.193. The zero-order valence-electron chi connectivity index (χ0n) is 15.0. The lowest BCUT2D eigenvalue weighted by Crippen LogP contribution is -2.58. The predicted molar refractivity (Wildman–Crippen MR) is 93.1 cm³/mol. The molecular weight excluding hydrogens is 316 g/mol. The summed E-state index contributed by atoms with van der Waals surface area (Å²) in [4.78, 5) is 26.2. The van der Waals surface area contributed by atoms with E-state index < -0.39 is 17.1 Å². The standard InChI is InChI=1S/C21H26O4/c1-14-17-9-8-16(18(22)15-6-4-3-5-7-15)19(23)20(17,2)10-11-21(14)24-12-13-25-21/h3-7,14,16-17H,8-13H2,1-2H3/t14-,16?,17-,20?/m0/s1. The Labute approximate surface area is 148 Å². The Hall–Kier alpha value is -1.52. The molecule has 134 valence electrons. The third-order valence-electron chi connectivity index (χ3n) is 6.91. The molecular formula is C21H26O4. The number of carbonyl (C=O) groups excluding carboxylic acids is 2. The number of fused-ring (bicyclic) bond motifs is 1. The molecule has 4 nitrogen and oxygen atoms in total. The average molecular weight is 342 g/mol. The van der Waals surface area contributed by atoms with Crippen LogP contribution in [0.15, 0.2) is 30.3 Å². The highest BCUT2D eigenvalue weighted by Crippen LogP contribution is 2.57. The number of rotatable bonds is 2. The van der Waals surface area contributed by atoms with Crippen molar-refractivity contribution < 1.29 is 19.1 Å². The van der Waals surface area contributed by atoms with Crippen molar-refractivity contribution in [3.63, 3.8) is 0 Å². The van der Waals surface area contributed by atoms with E-state index in [1.165, 1.54) is 0 Å². The molecule has 4 atom stereocenters. The zero-order chi connectivity index (χ0) is 17.7. The minimum absolute atomic E-state index is 0.0217. The first-order chi connectivity index (χ1) is 12.0. The van der Waals surface area contributed by atoms with Gasteiger partial charge in [0.15, 0.2) is 11.6 Å². The maximum Gasteiger partial charge on any atom is 0.173 e. The molecule has 0 N–H and O–H groups in total.